The highest BCUT2D eigenvalue weighted by Crippen LogP contribution is 2.42. The van der Waals surface area contributed by atoms with E-state index in [1.54, 1.807) is 33.8 Å². The quantitative estimate of drug-likeness (QED) is 0.352. The lowest BCUT2D eigenvalue weighted by Gasteiger charge is -2.30. The summed E-state index contributed by atoms with van der Waals surface area (Å²) in [5.74, 6) is -0.630. The molecule has 0 fully saturated rings. The third-order valence-corrected chi connectivity index (χ3v) is 5.74. The van der Waals surface area contributed by atoms with Gasteiger partial charge in [0.15, 0.2) is 0 Å². The van der Waals surface area contributed by atoms with Crippen molar-refractivity contribution in [3.63, 3.8) is 0 Å². The number of ether oxygens (including phenoxy) is 1. The van der Waals surface area contributed by atoms with Crippen LogP contribution in [0.4, 0.5) is 18.9 Å². The smallest absolute Gasteiger partial charge is 0.408 e. The summed E-state index contributed by atoms with van der Waals surface area (Å²) in [7, 11) is 2.88. The number of rotatable bonds is 7. The molecular weight excluding hydrogens is 477 g/mol. The van der Waals surface area contributed by atoms with Gasteiger partial charge in [0.2, 0.25) is 5.88 Å². The summed E-state index contributed by atoms with van der Waals surface area (Å²) in [6.07, 6.45) is -0.620. The van der Waals surface area contributed by atoms with E-state index in [-0.39, 0.29) is 29.0 Å². The van der Waals surface area contributed by atoms with Crippen molar-refractivity contribution in [2.75, 3.05) is 19.1 Å². The number of pyridine rings is 1. The van der Waals surface area contributed by atoms with Crippen molar-refractivity contribution >= 4 is 29.3 Å². The monoisotopic (exact) mass is 504 g/mol. The van der Waals surface area contributed by atoms with Gasteiger partial charge >= 0.3 is 6.18 Å². The third-order valence-electron chi connectivity index (χ3n) is 5.74. The van der Waals surface area contributed by atoms with Crippen LogP contribution in [0.3, 0.4) is 0 Å². The van der Waals surface area contributed by atoms with Gasteiger partial charge in [0.05, 0.1) is 47.1 Å². The number of hydrogen-bond donors (Lipinski definition) is 1. The molecule has 1 N–H and O–H groups in total. The molecule has 192 valence electrons. The minimum Gasteiger partial charge on any atom is -0.481 e. The topological polar surface area (TPSA) is 102 Å². The Labute approximate surface area is 206 Å². The van der Waals surface area contributed by atoms with Gasteiger partial charge in [-0.1, -0.05) is 6.58 Å². The Morgan fingerprint density at radius 3 is 2.61 bits per heavy atom. The van der Waals surface area contributed by atoms with Gasteiger partial charge in [0, 0.05) is 25.0 Å². The highest BCUT2D eigenvalue weighted by atomic mass is 19.4. The van der Waals surface area contributed by atoms with Gasteiger partial charge in [0.25, 0.3) is 11.8 Å². The molecule has 0 aliphatic carbocycles. The Morgan fingerprint density at radius 1 is 1.36 bits per heavy atom. The number of nitrogens with zero attached hydrogens (tertiary/aromatic N) is 5. The molecule has 3 rings (SSSR count). The molecule has 0 aromatic carbocycles. The first-order valence-corrected chi connectivity index (χ1v) is 10.9. The second kappa shape index (κ2) is 9.59. The number of allylic oxidation sites excluding steroid dienone is 1. The molecule has 1 aliphatic rings. The summed E-state index contributed by atoms with van der Waals surface area (Å²) >= 11 is 0. The number of aromatic nitrogens is 3. The number of carbonyl (C=O) groups is 2. The van der Waals surface area contributed by atoms with Gasteiger partial charge in [-0.2, -0.15) is 18.3 Å². The standard InChI is InChI=1S/C24H27F3N6O3/c1-13-8-17(14(2)9-29-21(36-7)15(3)20(34)28-6)31-19-18(13)22(35)33(23(19,4)5)16-10-30-32(11-16)12-24(25,26)27/h8-11H,2,12H2,1,3-7H3,(H,28,34)/b21-15-,29-9?. The number of aryl methyl sites for hydroxylation is 1. The summed E-state index contributed by atoms with van der Waals surface area (Å²) in [6, 6.07) is 1.68. The number of amides is 2. The van der Waals surface area contributed by atoms with E-state index < -0.39 is 18.3 Å². The molecule has 3 heterocycles. The minimum atomic E-state index is -4.44. The molecule has 9 nitrogen and oxygen atoms in total. The Balaban J connectivity index is 1.97. The van der Waals surface area contributed by atoms with Crippen LogP contribution in [0.5, 0.6) is 0 Å². The number of likely N-dealkylation sites (N-methyl/N-ethyl adjacent to an activating group) is 1. The average molecular weight is 505 g/mol. The predicted molar refractivity (Wildman–Crippen MR) is 128 cm³/mol. The number of halogens is 3. The van der Waals surface area contributed by atoms with Gasteiger partial charge in [-0.25, -0.2) is 9.98 Å². The minimum absolute atomic E-state index is 0.103. The molecule has 0 atom stereocenters. The predicted octanol–water partition coefficient (Wildman–Crippen LogP) is 3.75. The molecule has 0 saturated heterocycles. The molecule has 12 heteroatoms. The number of alkyl halides is 3. The first kappa shape index (κ1) is 26.6. The molecule has 0 radical (unpaired) electrons. The molecule has 36 heavy (non-hydrogen) atoms. The average Bonchev–Trinajstić information content (AvgIpc) is 3.30. The number of hydrogen-bond acceptors (Lipinski definition) is 6. The van der Waals surface area contributed by atoms with Crippen LogP contribution in [0.1, 0.15) is 48.1 Å². The van der Waals surface area contributed by atoms with E-state index in [2.05, 4.69) is 27.0 Å². The first-order chi connectivity index (χ1) is 16.7. The summed E-state index contributed by atoms with van der Waals surface area (Å²) in [5.41, 5.74) is 1.80. The van der Waals surface area contributed by atoms with Gasteiger partial charge in [-0.3, -0.25) is 19.2 Å². The summed E-state index contributed by atoms with van der Waals surface area (Å²) < 4.78 is 44.3. The van der Waals surface area contributed by atoms with Crippen LogP contribution in [0.2, 0.25) is 0 Å². The van der Waals surface area contributed by atoms with E-state index in [1.807, 2.05) is 0 Å². The lowest BCUT2D eigenvalue weighted by atomic mass is 9.96. The van der Waals surface area contributed by atoms with E-state index in [0.717, 1.165) is 4.68 Å². The molecule has 0 unspecified atom stereocenters. The van der Waals surface area contributed by atoms with E-state index in [4.69, 9.17) is 4.74 Å². The summed E-state index contributed by atoms with van der Waals surface area (Å²) in [6.45, 7) is 9.55. The Kier molecular flexibility index (Phi) is 7.10. The van der Waals surface area contributed by atoms with E-state index >= 15 is 0 Å². The zero-order valence-corrected chi connectivity index (χ0v) is 20.8. The fourth-order valence-electron chi connectivity index (χ4n) is 3.99. The van der Waals surface area contributed by atoms with E-state index in [1.165, 1.54) is 37.7 Å². The Bertz CT molecular complexity index is 1290. The molecule has 0 bridgehead atoms. The van der Waals surface area contributed by atoms with Gasteiger partial charge < -0.3 is 10.1 Å². The molecule has 2 aromatic heterocycles. The fourth-order valence-corrected chi connectivity index (χ4v) is 3.99. The molecular formula is C24H27F3N6O3. The van der Waals surface area contributed by atoms with Crippen LogP contribution in [-0.2, 0) is 21.6 Å². The summed E-state index contributed by atoms with van der Waals surface area (Å²) in [4.78, 5) is 35.5. The number of nitrogens with one attached hydrogen (secondary N) is 1. The lowest BCUT2D eigenvalue weighted by Crippen LogP contribution is -2.39. The van der Waals surface area contributed by atoms with Crippen LogP contribution in [0.25, 0.3) is 5.57 Å². The fraction of sp³-hybridized carbons (Fsp3) is 0.375. The SMILES string of the molecule is C=C(C=N/C(OC)=C(\C)C(=O)NC)c1cc(C)c2c(n1)C(C)(C)N(c1cnn(CC(F)(F)F)c1)C2=O. The zero-order chi connectivity index (χ0) is 27.0. The Hall–Kier alpha value is -3.96. The third kappa shape index (κ3) is 5.02. The molecule has 0 spiro atoms. The molecule has 0 saturated carbocycles. The van der Waals surface area contributed by atoms with Crippen LogP contribution in [0, 0.1) is 6.92 Å². The van der Waals surface area contributed by atoms with Crippen molar-refractivity contribution in [2.45, 2.75) is 46.0 Å². The lowest BCUT2D eigenvalue weighted by molar-refractivity contribution is -0.142. The first-order valence-electron chi connectivity index (χ1n) is 10.9. The number of anilines is 1. The maximum atomic E-state index is 13.3. The second-order valence-electron chi connectivity index (χ2n) is 8.76. The maximum absolute atomic E-state index is 13.3. The zero-order valence-electron chi connectivity index (χ0n) is 20.8. The van der Waals surface area contributed by atoms with Gasteiger partial charge in [-0.05, 0) is 39.3 Å². The van der Waals surface area contributed by atoms with Crippen molar-refractivity contribution in [1.29, 1.82) is 0 Å². The molecule has 2 aromatic rings. The molecule has 2 amide bonds. The number of methoxy groups -OCH3 is 1. The van der Waals surface area contributed by atoms with Crippen molar-refractivity contribution in [3.8, 4) is 0 Å². The van der Waals surface area contributed by atoms with Crippen molar-refractivity contribution in [1.82, 2.24) is 20.1 Å². The largest absolute Gasteiger partial charge is 0.481 e. The normalized spacial score (nSPS) is 15.7. The number of aliphatic imine (C=N–C) groups is 1. The van der Waals surface area contributed by atoms with Crippen LogP contribution >= 0.6 is 0 Å². The number of carbonyl (C=O) groups excluding carboxylic acids is 2. The van der Waals surface area contributed by atoms with Crippen molar-refractivity contribution in [2.24, 2.45) is 4.99 Å². The van der Waals surface area contributed by atoms with Crippen molar-refractivity contribution < 1.29 is 27.5 Å². The van der Waals surface area contributed by atoms with Crippen LogP contribution in [-0.4, -0.2) is 53.1 Å². The Morgan fingerprint density at radius 2 is 2.03 bits per heavy atom. The van der Waals surface area contributed by atoms with Crippen molar-refractivity contribution in [3.05, 3.63) is 59.0 Å². The van der Waals surface area contributed by atoms with Gasteiger partial charge in [0.1, 0.15) is 6.54 Å². The van der Waals surface area contributed by atoms with E-state index in [9.17, 15) is 22.8 Å². The summed E-state index contributed by atoms with van der Waals surface area (Å²) in [5, 5.41) is 6.26. The second-order valence-corrected chi connectivity index (χ2v) is 8.76. The maximum Gasteiger partial charge on any atom is 0.408 e. The molecule has 1 aliphatic heterocycles. The number of fused-ring (bicyclic) bond motifs is 1. The van der Waals surface area contributed by atoms with Crippen LogP contribution < -0.4 is 10.2 Å². The highest BCUT2D eigenvalue weighted by Gasteiger charge is 2.47. The van der Waals surface area contributed by atoms with E-state index in [0.29, 0.717) is 28.1 Å². The van der Waals surface area contributed by atoms with Crippen LogP contribution in [0.15, 0.2) is 41.5 Å². The van der Waals surface area contributed by atoms with Gasteiger partial charge in [-0.15, -0.1) is 0 Å². The highest BCUT2D eigenvalue weighted by molar-refractivity contribution is 6.13.